The van der Waals surface area contributed by atoms with Crippen molar-refractivity contribution >= 4 is 7.32 Å². The zero-order valence-electron chi connectivity index (χ0n) is 19.3. The van der Waals surface area contributed by atoms with E-state index in [0.29, 0.717) is 29.5 Å². The van der Waals surface area contributed by atoms with Crippen molar-refractivity contribution in [3.05, 3.63) is 106 Å². The molecule has 0 heterocycles. The molecule has 2 N–H and O–H groups in total. The van der Waals surface area contributed by atoms with Gasteiger partial charge in [0, 0.05) is 5.92 Å². The summed E-state index contributed by atoms with van der Waals surface area (Å²) >= 11 is 0. The molecule has 2 bridgehead atoms. The van der Waals surface area contributed by atoms with Gasteiger partial charge in [-0.1, -0.05) is 72.8 Å². The summed E-state index contributed by atoms with van der Waals surface area (Å²) in [5.41, 5.74) is 1.94. The topological polar surface area (TPSA) is 49.7 Å². The summed E-state index contributed by atoms with van der Waals surface area (Å²) in [5.74, 6) is -0.141. The predicted molar refractivity (Wildman–Crippen MR) is 129 cm³/mol. The average molecular weight is 480 g/mol. The van der Waals surface area contributed by atoms with Crippen LogP contribution < -0.4 is 0 Å². The van der Waals surface area contributed by atoms with Crippen LogP contribution in [0.15, 0.2) is 72.8 Å². The number of benzene rings is 3. The van der Waals surface area contributed by atoms with Gasteiger partial charge in [0.1, 0.15) is 20.0 Å². The highest BCUT2D eigenvalue weighted by molar-refractivity contribution is 6.32. The number of hydrogen-bond donors (Lipinski definition) is 2. The van der Waals surface area contributed by atoms with Crippen molar-refractivity contribution in [1.82, 2.24) is 0 Å². The third-order valence-electron chi connectivity index (χ3n) is 8.04. The van der Waals surface area contributed by atoms with Gasteiger partial charge in [-0.05, 0) is 58.6 Å². The van der Waals surface area contributed by atoms with Gasteiger partial charge >= 0.3 is 7.32 Å². The van der Waals surface area contributed by atoms with Crippen molar-refractivity contribution in [2.75, 3.05) is 0 Å². The normalized spacial score (nSPS) is 24.6. The molecule has 7 heteroatoms. The Morgan fingerprint density at radius 3 is 1.89 bits per heavy atom. The van der Waals surface area contributed by atoms with Gasteiger partial charge in [0.2, 0.25) is 0 Å². The molecule has 3 atom stereocenters. The van der Waals surface area contributed by atoms with E-state index in [4.69, 9.17) is 4.65 Å². The minimum atomic E-state index is -2.02. The monoisotopic (exact) mass is 480 g/mol. The Balaban J connectivity index is 1.86. The van der Waals surface area contributed by atoms with Crippen LogP contribution in [0.4, 0.5) is 13.2 Å². The largest absolute Gasteiger partial charge is 0.634 e. The minimum Gasteiger partial charge on any atom is -0.402 e. The van der Waals surface area contributed by atoms with Gasteiger partial charge in [-0.3, -0.25) is 0 Å². The Bertz CT molecular complexity index is 1160. The quantitative estimate of drug-likeness (QED) is 0.407. The summed E-state index contributed by atoms with van der Waals surface area (Å²) in [6.45, 7) is -1.92. The van der Waals surface area contributed by atoms with Crippen molar-refractivity contribution in [3.8, 4) is 0 Å². The lowest BCUT2D eigenvalue weighted by Crippen LogP contribution is -2.56. The Hall–Kier alpha value is -2.61. The molecule has 35 heavy (non-hydrogen) atoms. The van der Waals surface area contributed by atoms with E-state index < -0.39 is 38.4 Å². The molecule has 0 amide bonds. The second-order valence-corrected chi connectivity index (χ2v) is 9.77. The molecule has 0 aliphatic heterocycles. The van der Waals surface area contributed by atoms with Gasteiger partial charge in [-0.25, -0.2) is 13.2 Å². The summed E-state index contributed by atoms with van der Waals surface area (Å²) in [5, 5.41) is 20.1. The van der Waals surface area contributed by atoms with Crippen LogP contribution in [0.3, 0.4) is 0 Å². The highest BCUT2D eigenvalue weighted by Crippen LogP contribution is 2.70. The summed E-state index contributed by atoms with van der Waals surface area (Å²) in [7, 11) is -2.02. The summed E-state index contributed by atoms with van der Waals surface area (Å²) in [6, 6.07) is 21.7. The molecule has 2 fully saturated rings. The van der Waals surface area contributed by atoms with E-state index in [1.54, 1.807) is 42.5 Å². The fourth-order valence-electron chi connectivity index (χ4n) is 6.97. The van der Waals surface area contributed by atoms with Crippen LogP contribution in [0.2, 0.25) is 0 Å². The number of halogens is 3. The van der Waals surface area contributed by atoms with E-state index >= 15 is 0 Å². The van der Waals surface area contributed by atoms with Crippen LogP contribution in [0.1, 0.15) is 58.6 Å². The molecule has 3 aromatic carbocycles. The van der Waals surface area contributed by atoms with Crippen molar-refractivity contribution in [1.29, 1.82) is 0 Å². The molecular formula is C28H28BF3O3. The third-order valence-corrected chi connectivity index (χ3v) is 8.04. The van der Waals surface area contributed by atoms with Gasteiger partial charge in [0.25, 0.3) is 0 Å². The Kier molecular flexibility index (Phi) is 6.51. The molecule has 3 aromatic rings. The number of hydrogen-bond acceptors (Lipinski definition) is 3. The van der Waals surface area contributed by atoms with Gasteiger partial charge in [-0.15, -0.1) is 0 Å². The molecule has 2 aliphatic rings. The van der Waals surface area contributed by atoms with Gasteiger partial charge in [0.15, 0.2) is 0 Å². The maximum absolute atomic E-state index is 13.8. The smallest absolute Gasteiger partial charge is 0.402 e. The molecule has 0 spiro atoms. The predicted octanol–water partition coefficient (Wildman–Crippen LogP) is 5.70. The number of fused-ring (bicyclic) bond motifs is 2. The standard InChI is InChI=1S/C28H28BF3O3/c30-16-19-4-1-7-22(12-19)26-23-10-11-27(15-23,35-29(33)34)28(26,24-8-2-5-20(13-24)17-31)25-9-3-6-21(14-25)18-32/h1-9,12-14,23,26,33-34H,10-11,15-18H2. The third kappa shape index (κ3) is 3.81. The van der Waals surface area contributed by atoms with Crippen LogP contribution >= 0.6 is 0 Å². The second kappa shape index (κ2) is 9.45. The lowest BCUT2D eigenvalue weighted by atomic mass is 9.54. The van der Waals surface area contributed by atoms with Crippen molar-refractivity contribution < 1.29 is 27.9 Å². The van der Waals surface area contributed by atoms with E-state index in [9.17, 15) is 23.2 Å². The van der Waals surface area contributed by atoms with Gasteiger partial charge in [0.05, 0.1) is 11.0 Å². The lowest BCUT2D eigenvalue weighted by molar-refractivity contribution is -0.0221. The van der Waals surface area contributed by atoms with Crippen LogP contribution in [0.5, 0.6) is 0 Å². The maximum atomic E-state index is 13.8. The van der Waals surface area contributed by atoms with Crippen molar-refractivity contribution in [2.24, 2.45) is 5.92 Å². The first kappa shape index (κ1) is 24.1. The summed E-state index contributed by atoms with van der Waals surface area (Å²) in [4.78, 5) is 0. The Morgan fingerprint density at radius 1 is 0.800 bits per heavy atom. The molecule has 3 unspecified atom stereocenters. The molecule has 5 rings (SSSR count). The van der Waals surface area contributed by atoms with E-state index in [2.05, 4.69) is 0 Å². The van der Waals surface area contributed by atoms with Gasteiger partial charge < -0.3 is 14.7 Å². The van der Waals surface area contributed by atoms with Crippen LogP contribution in [-0.4, -0.2) is 23.0 Å². The van der Waals surface area contributed by atoms with E-state index in [1.807, 2.05) is 30.3 Å². The zero-order chi connectivity index (χ0) is 24.6. The molecule has 0 aromatic heterocycles. The molecular weight excluding hydrogens is 452 g/mol. The van der Waals surface area contributed by atoms with E-state index in [-0.39, 0.29) is 11.8 Å². The fraction of sp³-hybridized carbons (Fsp3) is 0.357. The second-order valence-electron chi connectivity index (χ2n) is 9.77. The molecule has 3 nitrogen and oxygen atoms in total. The minimum absolute atomic E-state index is 0.0895. The van der Waals surface area contributed by atoms with Crippen molar-refractivity contribution in [2.45, 2.75) is 56.2 Å². The summed E-state index contributed by atoms with van der Waals surface area (Å²) < 4.78 is 47.4. The molecule has 0 saturated heterocycles. The van der Waals surface area contributed by atoms with Crippen LogP contribution in [-0.2, 0) is 30.1 Å². The van der Waals surface area contributed by atoms with E-state index in [0.717, 1.165) is 23.1 Å². The first-order chi connectivity index (χ1) is 17.0. The Morgan fingerprint density at radius 2 is 1.34 bits per heavy atom. The maximum Gasteiger partial charge on any atom is 0.634 e. The molecule has 2 aliphatic carbocycles. The number of alkyl halides is 3. The fourth-order valence-corrected chi connectivity index (χ4v) is 6.97. The average Bonchev–Trinajstić information content (AvgIpc) is 3.42. The van der Waals surface area contributed by atoms with Crippen LogP contribution in [0.25, 0.3) is 0 Å². The molecule has 0 radical (unpaired) electrons. The van der Waals surface area contributed by atoms with Gasteiger partial charge in [-0.2, -0.15) is 0 Å². The van der Waals surface area contributed by atoms with E-state index in [1.165, 1.54) is 0 Å². The summed E-state index contributed by atoms with van der Waals surface area (Å²) in [6.07, 6.45) is 1.87. The van der Waals surface area contributed by atoms with Crippen LogP contribution in [0, 0.1) is 5.92 Å². The first-order valence-electron chi connectivity index (χ1n) is 12.0. The molecule has 2 saturated carbocycles. The highest BCUT2D eigenvalue weighted by atomic mass is 19.1. The Labute approximate surface area is 203 Å². The lowest BCUT2D eigenvalue weighted by Gasteiger charge is -2.52. The van der Waals surface area contributed by atoms with Crippen molar-refractivity contribution in [3.63, 3.8) is 0 Å². The SMILES string of the molecule is OB(O)OC12CCC(C1)C(c1cccc(CF)c1)C2(c1cccc(CF)c1)c1cccc(CF)c1. The first-order valence-corrected chi connectivity index (χ1v) is 12.0. The zero-order valence-corrected chi connectivity index (χ0v) is 19.3. The highest BCUT2D eigenvalue weighted by Gasteiger charge is 2.70. The number of rotatable bonds is 8. The molecule has 182 valence electrons.